The number of nitrogens with zero attached hydrogens (tertiary/aromatic N) is 2. The summed E-state index contributed by atoms with van der Waals surface area (Å²) in [7, 11) is -4.02. The Labute approximate surface area is 125 Å². The normalized spacial score (nSPS) is 11.1. The van der Waals surface area contributed by atoms with Crippen LogP contribution in [-0.4, -0.2) is 18.3 Å². The molecule has 0 atom stereocenters. The highest BCUT2D eigenvalue weighted by molar-refractivity contribution is 7.92. The predicted octanol–water partition coefficient (Wildman–Crippen LogP) is 2.75. The number of hydrogen-bond acceptors (Lipinski definition) is 5. The van der Waals surface area contributed by atoms with Gasteiger partial charge in [-0.3, -0.25) is 14.8 Å². The number of aromatic nitrogens is 1. The number of hydrogen-bond donors (Lipinski definition) is 1. The Morgan fingerprint density at radius 2 is 2.00 bits per heavy atom. The van der Waals surface area contributed by atoms with E-state index in [4.69, 9.17) is 11.6 Å². The second kappa shape index (κ2) is 5.66. The van der Waals surface area contributed by atoms with E-state index in [1.807, 2.05) is 0 Å². The average Bonchev–Trinajstić information content (AvgIpc) is 2.41. The van der Waals surface area contributed by atoms with E-state index in [2.05, 4.69) is 9.71 Å². The van der Waals surface area contributed by atoms with E-state index >= 15 is 0 Å². The third-order valence-corrected chi connectivity index (χ3v) is 4.52. The van der Waals surface area contributed by atoms with Crippen molar-refractivity contribution in [2.75, 3.05) is 4.72 Å². The van der Waals surface area contributed by atoms with E-state index in [-0.39, 0.29) is 27.0 Å². The van der Waals surface area contributed by atoms with Crippen LogP contribution in [0.1, 0.15) is 5.56 Å². The van der Waals surface area contributed by atoms with Gasteiger partial charge in [0.05, 0.1) is 14.8 Å². The smallest absolute Gasteiger partial charge is 0.262 e. The summed E-state index contributed by atoms with van der Waals surface area (Å²) in [6, 6.07) is 6.86. The molecule has 21 heavy (non-hydrogen) atoms. The third-order valence-electron chi connectivity index (χ3n) is 2.73. The van der Waals surface area contributed by atoms with Crippen LogP contribution in [0.15, 0.2) is 41.4 Å². The highest BCUT2D eigenvalue weighted by Gasteiger charge is 2.23. The van der Waals surface area contributed by atoms with Crippen molar-refractivity contribution in [2.24, 2.45) is 0 Å². The number of benzene rings is 1. The lowest BCUT2D eigenvalue weighted by atomic mass is 10.2. The Bertz CT molecular complexity index is 808. The van der Waals surface area contributed by atoms with Gasteiger partial charge in [-0.25, -0.2) is 13.4 Å². The molecule has 0 spiro atoms. The first-order valence-corrected chi connectivity index (χ1v) is 7.56. The van der Waals surface area contributed by atoms with Crippen LogP contribution in [0.4, 0.5) is 11.5 Å². The van der Waals surface area contributed by atoms with Crippen LogP contribution in [0.5, 0.6) is 0 Å². The molecule has 110 valence electrons. The quantitative estimate of drug-likeness (QED) is 0.687. The molecule has 0 bridgehead atoms. The SMILES string of the molecule is Cc1c([N+](=O)[O-])cccc1S(=O)(=O)Nc1ncccc1Cl. The molecule has 0 aliphatic carbocycles. The lowest BCUT2D eigenvalue weighted by Gasteiger charge is -2.10. The molecule has 1 aromatic heterocycles. The number of rotatable bonds is 4. The Balaban J connectivity index is 2.48. The molecule has 0 unspecified atom stereocenters. The maximum absolute atomic E-state index is 12.3. The highest BCUT2D eigenvalue weighted by Crippen LogP contribution is 2.27. The maximum Gasteiger partial charge on any atom is 0.273 e. The molecule has 0 radical (unpaired) electrons. The van der Waals surface area contributed by atoms with Crippen LogP contribution in [0.3, 0.4) is 0 Å². The summed E-state index contributed by atoms with van der Waals surface area (Å²) in [6.45, 7) is 1.37. The van der Waals surface area contributed by atoms with Gasteiger partial charge in [-0.2, -0.15) is 0 Å². The number of nitro groups is 1. The van der Waals surface area contributed by atoms with Gasteiger partial charge in [-0.05, 0) is 25.1 Å². The zero-order valence-electron chi connectivity index (χ0n) is 10.8. The summed E-state index contributed by atoms with van der Waals surface area (Å²) in [5.41, 5.74) is -0.230. The fraction of sp³-hybridized carbons (Fsp3) is 0.0833. The third kappa shape index (κ3) is 3.11. The monoisotopic (exact) mass is 327 g/mol. The van der Waals surface area contributed by atoms with Crippen LogP contribution < -0.4 is 4.72 Å². The Hall–Kier alpha value is -2.19. The van der Waals surface area contributed by atoms with E-state index in [0.717, 1.165) is 0 Å². The summed E-state index contributed by atoms with van der Waals surface area (Å²) in [4.78, 5) is 13.9. The van der Waals surface area contributed by atoms with Gasteiger partial charge in [0.2, 0.25) is 0 Å². The van der Waals surface area contributed by atoms with Crippen LogP contribution in [-0.2, 0) is 10.0 Å². The van der Waals surface area contributed by atoms with Gasteiger partial charge in [0.15, 0.2) is 5.82 Å². The van der Waals surface area contributed by atoms with E-state index < -0.39 is 14.9 Å². The summed E-state index contributed by atoms with van der Waals surface area (Å²) in [5.74, 6) is -0.0370. The van der Waals surface area contributed by atoms with Crippen molar-refractivity contribution in [1.82, 2.24) is 4.98 Å². The van der Waals surface area contributed by atoms with E-state index in [9.17, 15) is 18.5 Å². The molecule has 0 saturated heterocycles. The van der Waals surface area contributed by atoms with Gasteiger partial charge in [0.25, 0.3) is 15.7 Å². The summed E-state index contributed by atoms with van der Waals surface area (Å²) >= 11 is 5.84. The van der Waals surface area contributed by atoms with Gasteiger partial charge >= 0.3 is 0 Å². The van der Waals surface area contributed by atoms with Crippen LogP contribution in [0.25, 0.3) is 0 Å². The predicted molar refractivity (Wildman–Crippen MR) is 77.9 cm³/mol. The van der Waals surface area contributed by atoms with Crippen molar-refractivity contribution in [2.45, 2.75) is 11.8 Å². The minimum Gasteiger partial charge on any atom is -0.262 e. The molecule has 0 amide bonds. The number of pyridine rings is 1. The lowest BCUT2D eigenvalue weighted by Crippen LogP contribution is -2.16. The number of halogens is 1. The number of sulfonamides is 1. The fourth-order valence-corrected chi connectivity index (χ4v) is 3.25. The first-order valence-electron chi connectivity index (χ1n) is 5.70. The Kier molecular flexibility index (Phi) is 4.10. The van der Waals surface area contributed by atoms with Crippen LogP contribution in [0.2, 0.25) is 5.02 Å². The van der Waals surface area contributed by atoms with Crippen molar-refractivity contribution in [3.8, 4) is 0 Å². The molecule has 0 aliphatic heterocycles. The average molecular weight is 328 g/mol. The molecular weight excluding hydrogens is 318 g/mol. The number of anilines is 1. The lowest BCUT2D eigenvalue weighted by molar-refractivity contribution is -0.385. The largest absolute Gasteiger partial charge is 0.273 e. The molecule has 0 aliphatic rings. The van der Waals surface area contributed by atoms with Crippen molar-refractivity contribution in [1.29, 1.82) is 0 Å². The van der Waals surface area contributed by atoms with Gasteiger partial charge in [-0.1, -0.05) is 17.7 Å². The minimum atomic E-state index is -4.02. The maximum atomic E-state index is 12.3. The molecule has 1 heterocycles. The Morgan fingerprint density at radius 3 is 2.62 bits per heavy atom. The van der Waals surface area contributed by atoms with Gasteiger partial charge in [-0.15, -0.1) is 0 Å². The van der Waals surface area contributed by atoms with Crippen LogP contribution >= 0.6 is 11.6 Å². The molecule has 9 heteroatoms. The summed E-state index contributed by atoms with van der Waals surface area (Å²) < 4.78 is 26.9. The van der Waals surface area contributed by atoms with Crippen molar-refractivity contribution >= 4 is 33.1 Å². The zero-order chi connectivity index (χ0) is 15.6. The van der Waals surface area contributed by atoms with E-state index in [0.29, 0.717) is 0 Å². The van der Waals surface area contributed by atoms with E-state index in [1.165, 1.54) is 37.4 Å². The standard InChI is InChI=1S/C12H10ClN3O4S/c1-8-10(16(17)18)5-2-6-11(8)21(19,20)15-12-9(13)4-3-7-14-12/h2-7H,1H3,(H,14,15). The summed E-state index contributed by atoms with van der Waals surface area (Å²) in [6.07, 6.45) is 1.38. The number of nitrogens with one attached hydrogen (secondary N) is 1. The topological polar surface area (TPSA) is 102 Å². The van der Waals surface area contributed by atoms with Crippen molar-refractivity contribution in [3.05, 3.63) is 57.2 Å². The van der Waals surface area contributed by atoms with Crippen molar-refractivity contribution in [3.63, 3.8) is 0 Å². The molecule has 1 N–H and O–H groups in total. The molecule has 2 aromatic rings. The molecule has 2 rings (SSSR count). The Morgan fingerprint density at radius 1 is 1.29 bits per heavy atom. The second-order valence-corrected chi connectivity index (χ2v) is 6.15. The second-order valence-electron chi connectivity index (χ2n) is 4.10. The minimum absolute atomic E-state index is 0.0370. The molecule has 0 fully saturated rings. The van der Waals surface area contributed by atoms with Gasteiger partial charge < -0.3 is 0 Å². The number of nitro benzene ring substituents is 1. The molecule has 7 nitrogen and oxygen atoms in total. The molecule has 0 saturated carbocycles. The first kappa shape index (κ1) is 15.2. The van der Waals surface area contributed by atoms with Crippen molar-refractivity contribution < 1.29 is 13.3 Å². The highest BCUT2D eigenvalue weighted by atomic mass is 35.5. The van der Waals surface area contributed by atoms with Gasteiger partial charge in [0.1, 0.15) is 0 Å². The molecular formula is C12H10ClN3O4S. The van der Waals surface area contributed by atoms with Gasteiger partial charge in [0, 0.05) is 17.8 Å². The summed E-state index contributed by atoms with van der Waals surface area (Å²) in [5, 5.41) is 11.0. The van der Waals surface area contributed by atoms with E-state index in [1.54, 1.807) is 6.07 Å². The fourth-order valence-electron chi connectivity index (χ4n) is 1.73. The first-order chi connectivity index (χ1) is 9.83. The zero-order valence-corrected chi connectivity index (χ0v) is 12.4. The van der Waals surface area contributed by atoms with Crippen LogP contribution in [0, 0.1) is 17.0 Å². The molecule has 1 aromatic carbocycles.